The van der Waals surface area contributed by atoms with Gasteiger partial charge < -0.3 is 9.64 Å². The van der Waals surface area contributed by atoms with Crippen molar-refractivity contribution in [1.29, 1.82) is 0 Å². The van der Waals surface area contributed by atoms with Crippen LogP contribution in [-0.4, -0.2) is 21.1 Å². The molecule has 2 aliphatic heterocycles. The van der Waals surface area contributed by atoms with Crippen molar-refractivity contribution in [2.45, 2.75) is 18.4 Å². The van der Waals surface area contributed by atoms with E-state index in [-0.39, 0.29) is 17.9 Å². The Morgan fingerprint density at radius 2 is 1.32 bits per heavy atom. The largest absolute Gasteiger partial charge is 0.485 e. The number of allylic oxidation sites excluding steroid dienone is 5. The lowest BCUT2D eigenvalue weighted by atomic mass is 9.78. The molecule has 0 saturated carbocycles. The Morgan fingerprint density at radius 3 is 2.18 bits per heavy atom. The van der Waals surface area contributed by atoms with Crippen molar-refractivity contribution in [3.05, 3.63) is 199 Å². The molecule has 6 heteroatoms. The number of nitrogens with zero attached hydrogens (tertiary/aromatic N) is 4. The number of fused-ring (bicyclic) bond motifs is 9. The van der Waals surface area contributed by atoms with Crippen LogP contribution in [0.2, 0.25) is 0 Å². The molecule has 2 aliphatic carbocycles. The minimum atomic E-state index is -0.128. The Balaban J connectivity index is 0.989. The minimum absolute atomic E-state index is 0.0153. The maximum Gasteiger partial charge on any atom is 0.164 e. The second-order valence-electron chi connectivity index (χ2n) is 15.0. The van der Waals surface area contributed by atoms with Gasteiger partial charge in [0.25, 0.3) is 0 Å². The van der Waals surface area contributed by atoms with E-state index in [1.165, 1.54) is 48.4 Å². The van der Waals surface area contributed by atoms with Gasteiger partial charge in [0.2, 0.25) is 0 Å². The van der Waals surface area contributed by atoms with Crippen molar-refractivity contribution in [2.75, 3.05) is 4.90 Å². The molecule has 0 spiro atoms. The number of anilines is 1. The first-order valence-corrected chi connectivity index (χ1v) is 20.3. The second kappa shape index (κ2) is 12.8. The predicted octanol–water partition coefficient (Wildman–Crippen LogP) is 12.6. The predicted molar refractivity (Wildman–Crippen MR) is 232 cm³/mol. The number of benzene rings is 6. The molecule has 5 nitrogen and oxygen atoms in total. The van der Waals surface area contributed by atoms with Crippen LogP contribution in [0.5, 0.6) is 5.75 Å². The SMILES string of the molecule is C1=CCC2C(=C1)N(c1ccccc1)C1=C2C2Oc3cccc(-c4nc(-c5ccc(-c6ccccc6)cc5)nc(-c5ccc6c(c5)sc5ccccc56)n4)c3C2C=C1. The van der Waals surface area contributed by atoms with E-state index in [1.54, 1.807) is 11.3 Å². The zero-order valence-electron chi connectivity index (χ0n) is 30.8. The Kier molecular flexibility index (Phi) is 7.29. The summed E-state index contributed by atoms with van der Waals surface area (Å²) in [5, 5.41) is 2.52. The molecule has 0 fully saturated rings. The van der Waals surface area contributed by atoms with Crippen molar-refractivity contribution >= 4 is 37.2 Å². The van der Waals surface area contributed by atoms with E-state index in [2.05, 4.69) is 175 Å². The van der Waals surface area contributed by atoms with E-state index in [9.17, 15) is 0 Å². The van der Waals surface area contributed by atoms with Crippen LogP contribution < -0.4 is 9.64 Å². The average Bonchev–Trinajstić information content (AvgIpc) is 3.96. The molecule has 3 unspecified atom stereocenters. The van der Waals surface area contributed by atoms with Crippen molar-refractivity contribution in [2.24, 2.45) is 5.92 Å². The molecule has 270 valence electrons. The van der Waals surface area contributed by atoms with Crippen LogP contribution in [0.1, 0.15) is 17.9 Å². The fourth-order valence-electron chi connectivity index (χ4n) is 9.22. The van der Waals surface area contributed by atoms with Gasteiger partial charge in [0, 0.05) is 76.9 Å². The lowest BCUT2D eigenvalue weighted by Crippen LogP contribution is -2.27. The number of hydrogen-bond acceptors (Lipinski definition) is 6. The molecule has 2 aromatic heterocycles. The van der Waals surface area contributed by atoms with E-state index in [0.29, 0.717) is 17.5 Å². The summed E-state index contributed by atoms with van der Waals surface area (Å²) in [6, 6.07) is 51.2. The van der Waals surface area contributed by atoms with Gasteiger partial charge in [0.1, 0.15) is 11.9 Å². The Labute approximate surface area is 334 Å². The summed E-state index contributed by atoms with van der Waals surface area (Å²) in [6.07, 6.45) is 12.2. The van der Waals surface area contributed by atoms with Crippen LogP contribution in [0.4, 0.5) is 5.69 Å². The van der Waals surface area contributed by atoms with Gasteiger partial charge in [-0.05, 0) is 60.0 Å². The number of ether oxygens (including phenoxy) is 1. The highest BCUT2D eigenvalue weighted by molar-refractivity contribution is 7.25. The molecule has 4 aliphatic rings. The molecule has 57 heavy (non-hydrogen) atoms. The molecule has 12 rings (SSSR count). The molecular weight excluding hydrogens is 717 g/mol. The van der Waals surface area contributed by atoms with Crippen molar-refractivity contribution < 1.29 is 4.74 Å². The Bertz CT molecular complexity index is 3030. The molecule has 8 aromatic rings. The summed E-state index contributed by atoms with van der Waals surface area (Å²) >= 11 is 1.80. The van der Waals surface area contributed by atoms with Gasteiger partial charge in [-0.2, -0.15) is 0 Å². The molecule has 0 N–H and O–H groups in total. The van der Waals surface area contributed by atoms with Gasteiger partial charge in [-0.3, -0.25) is 0 Å². The highest BCUT2D eigenvalue weighted by Gasteiger charge is 2.48. The summed E-state index contributed by atoms with van der Waals surface area (Å²) in [5.41, 5.74) is 11.4. The fourth-order valence-corrected chi connectivity index (χ4v) is 10.4. The van der Waals surface area contributed by atoms with Crippen LogP contribution >= 0.6 is 11.3 Å². The van der Waals surface area contributed by atoms with Crippen LogP contribution in [0, 0.1) is 5.92 Å². The smallest absolute Gasteiger partial charge is 0.164 e. The quantitative estimate of drug-likeness (QED) is 0.175. The first-order chi connectivity index (χ1) is 28.2. The lowest BCUT2D eigenvalue weighted by molar-refractivity contribution is 0.244. The van der Waals surface area contributed by atoms with Crippen LogP contribution in [-0.2, 0) is 0 Å². The molecule has 4 heterocycles. The fraction of sp³-hybridized carbons (Fsp3) is 0.0784. The number of hydrogen-bond donors (Lipinski definition) is 0. The van der Waals surface area contributed by atoms with Gasteiger partial charge >= 0.3 is 0 Å². The highest BCUT2D eigenvalue weighted by atomic mass is 32.1. The average molecular weight is 751 g/mol. The van der Waals surface area contributed by atoms with Gasteiger partial charge in [-0.25, -0.2) is 15.0 Å². The zero-order valence-corrected chi connectivity index (χ0v) is 31.6. The summed E-state index contributed by atoms with van der Waals surface area (Å²) in [4.78, 5) is 18.1. The maximum absolute atomic E-state index is 7.03. The van der Waals surface area contributed by atoms with E-state index < -0.39 is 0 Å². The highest BCUT2D eigenvalue weighted by Crippen LogP contribution is 2.55. The summed E-state index contributed by atoms with van der Waals surface area (Å²) in [5.74, 6) is 3.09. The molecule has 0 bridgehead atoms. The van der Waals surface area contributed by atoms with E-state index in [1.807, 2.05) is 6.07 Å². The normalized spacial score (nSPS) is 19.0. The third-order valence-electron chi connectivity index (χ3n) is 11.8. The first kappa shape index (κ1) is 32.4. The van der Waals surface area contributed by atoms with Gasteiger partial charge in [-0.1, -0.05) is 133 Å². The summed E-state index contributed by atoms with van der Waals surface area (Å²) in [7, 11) is 0. The Morgan fingerprint density at radius 1 is 0.614 bits per heavy atom. The minimum Gasteiger partial charge on any atom is -0.485 e. The van der Waals surface area contributed by atoms with Crippen molar-refractivity contribution in [3.63, 3.8) is 0 Å². The van der Waals surface area contributed by atoms with Gasteiger partial charge in [0.15, 0.2) is 17.5 Å². The first-order valence-electron chi connectivity index (χ1n) is 19.5. The van der Waals surface area contributed by atoms with Crippen LogP contribution in [0.3, 0.4) is 0 Å². The second-order valence-corrected chi connectivity index (χ2v) is 16.1. The molecule has 0 radical (unpaired) electrons. The summed E-state index contributed by atoms with van der Waals surface area (Å²) < 4.78 is 9.51. The molecule has 3 atom stereocenters. The topological polar surface area (TPSA) is 51.1 Å². The number of rotatable bonds is 5. The number of para-hydroxylation sites is 1. The number of aromatic nitrogens is 3. The monoisotopic (exact) mass is 750 g/mol. The standard InChI is InChI=1S/C51H34N4OS/c1-3-12-31(13-4-1)32-22-24-33(25-23-32)49-52-50(34-26-27-37-36-16-8-10-21-44(36)57-45(37)30-34)54-51(53-49)40-18-11-20-43-46(40)39-28-29-42-47(48(39)56-43)38-17-7-9-19-41(38)55(42)35-14-5-2-6-15-35/h1-16,18-30,38-39,48H,17H2. The molecule has 0 saturated heterocycles. The van der Waals surface area contributed by atoms with Crippen LogP contribution in [0.15, 0.2) is 193 Å². The van der Waals surface area contributed by atoms with E-state index in [4.69, 9.17) is 19.7 Å². The third-order valence-corrected chi connectivity index (χ3v) is 13.0. The van der Waals surface area contributed by atoms with Gasteiger partial charge in [0.05, 0.1) is 0 Å². The van der Waals surface area contributed by atoms with Gasteiger partial charge in [-0.15, -0.1) is 11.3 Å². The van der Waals surface area contributed by atoms with Crippen molar-refractivity contribution in [1.82, 2.24) is 15.0 Å². The van der Waals surface area contributed by atoms with E-state index in [0.717, 1.165) is 40.0 Å². The van der Waals surface area contributed by atoms with Crippen molar-refractivity contribution in [3.8, 4) is 51.0 Å². The number of thiophene rings is 1. The van der Waals surface area contributed by atoms with E-state index >= 15 is 0 Å². The lowest BCUT2D eigenvalue weighted by Gasteiger charge is -2.26. The molecular formula is C51H34N4OS. The third kappa shape index (κ3) is 5.18. The molecule has 6 aromatic carbocycles. The van der Waals surface area contributed by atoms with Crippen LogP contribution in [0.25, 0.3) is 65.5 Å². The zero-order chi connectivity index (χ0) is 37.5. The Hall–Kier alpha value is -6.89. The maximum atomic E-state index is 7.03. The molecule has 0 amide bonds. The summed E-state index contributed by atoms with van der Waals surface area (Å²) in [6.45, 7) is 0.